The Labute approximate surface area is 90.2 Å². The van der Waals surface area contributed by atoms with Crippen LogP contribution in [0.25, 0.3) is 0 Å². The van der Waals surface area contributed by atoms with Gasteiger partial charge in [0.1, 0.15) is 0 Å². The Kier molecular flexibility index (Phi) is 6.99. The molecule has 0 aliphatic carbocycles. The number of carbonyl (C=O) groups is 2. The predicted octanol–water partition coefficient (Wildman–Crippen LogP) is 0.801. The van der Waals surface area contributed by atoms with Gasteiger partial charge in [-0.2, -0.15) is 0 Å². The van der Waals surface area contributed by atoms with Gasteiger partial charge in [0.2, 0.25) is 6.79 Å². The number of rotatable bonds is 5. The Balaban J connectivity index is 3.60. The largest absolute Gasteiger partial charge is 0.428 e. The van der Waals surface area contributed by atoms with Crippen molar-refractivity contribution in [3.05, 3.63) is 0 Å². The van der Waals surface area contributed by atoms with Crippen LogP contribution in [0.15, 0.2) is 0 Å². The molecule has 6 nitrogen and oxygen atoms in total. The molecule has 0 saturated heterocycles. The lowest BCUT2D eigenvalue weighted by molar-refractivity contribution is -0.155. The normalized spacial score (nSPS) is 12.9. The molecule has 0 heterocycles. The minimum atomic E-state index is -0.722. The topological polar surface area (TPSA) is 84.9 Å². The van der Waals surface area contributed by atoms with Crippen LogP contribution in [0.1, 0.15) is 20.8 Å². The van der Waals surface area contributed by atoms with Crippen molar-refractivity contribution >= 4 is 20.9 Å². The number of alkyl carbamates (subject to hydrolysis) is 1. The third-order valence-corrected chi connectivity index (χ3v) is 1.92. The van der Waals surface area contributed by atoms with E-state index < -0.39 is 27.7 Å². The van der Waals surface area contributed by atoms with E-state index in [1.807, 2.05) is 0 Å². The summed E-state index contributed by atoms with van der Waals surface area (Å²) in [6, 6.07) is 0. The standard InChI is InChI=1S/C8H16NO5P/c1-5(2)7(10)13-4-14-8(11)9-6(3)15-12/h5-6,12,15H,4H2,1-3H3,(H,9,11). The van der Waals surface area contributed by atoms with Crippen molar-refractivity contribution in [3.8, 4) is 0 Å². The van der Waals surface area contributed by atoms with E-state index in [1.165, 1.54) is 0 Å². The monoisotopic (exact) mass is 237 g/mol. The molecule has 0 bridgehead atoms. The van der Waals surface area contributed by atoms with Crippen LogP contribution >= 0.6 is 8.81 Å². The van der Waals surface area contributed by atoms with Crippen LogP contribution < -0.4 is 5.32 Å². The number of hydrogen-bond donors (Lipinski definition) is 2. The second-order valence-electron chi connectivity index (χ2n) is 3.16. The van der Waals surface area contributed by atoms with E-state index in [4.69, 9.17) is 4.89 Å². The second-order valence-corrected chi connectivity index (χ2v) is 4.29. The molecule has 0 aliphatic heterocycles. The molecule has 0 rings (SSSR count). The minimum absolute atomic E-state index is 0.255. The summed E-state index contributed by atoms with van der Waals surface area (Å²) in [5, 5.41) is 2.34. The molecule has 0 aromatic heterocycles. The van der Waals surface area contributed by atoms with Crippen LogP contribution in [-0.2, 0) is 14.3 Å². The maximum Gasteiger partial charge on any atom is 0.410 e. The quantitative estimate of drug-likeness (QED) is 0.419. The fraction of sp³-hybridized carbons (Fsp3) is 0.750. The van der Waals surface area contributed by atoms with Gasteiger partial charge in [-0.15, -0.1) is 0 Å². The summed E-state index contributed by atoms with van der Waals surface area (Å²) >= 11 is 0. The number of nitrogens with one attached hydrogen (secondary N) is 1. The highest BCUT2D eigenvalue weighted by Crippen LogP contribution is 2.08. The molecule has 1 amide bonds. The summed E-state index contributed by atoms with van der Waals surface area (Å²) in [6.07, 6.45) is -0.722. The first kappa shape index (κ1) is 14.1. The van der Waals surface area contributed by atoms with Gasteiger partial charge in [0, 0.05) is 8.81 Å². The fourth-order valence-electron chi connectivity index (χ4n) is 0.558. The molecule has 2 atom stereocenters. The molecule has 88 valence electrons. The Morgan fingerprint density at radius 2 is 1.93 bits per heavy atom. The van der Waals surface area contributed by atoms with E-state index in [1.54, 1.807) is 20.8 Å². The van der Waals surface area contributed by atoms with Crippen molar-refractivity contribution < 1.29 is 24.0 Å². The molecular weight excluding hydrogens is 221 g/mol. The number of hydrogen-bond acceptors (Lipinski definition) is 5. The first-order chi connectivity index (χ1) is 6.97. The van der Waals surface area contributed by atoms with Gasteiger partial charge in [0.05, 0.1) is 11.7 Å². The van der Waals surface area contributed by atoms with E-state index >= 15 is 0 Å². The van der Waals surface area contributed by atoms with E-state index in [0.29, 0.717) is 0 Å². The zero-order chi connectivity index (χ0) is 11.8. The summed E-state index contributed by atoms with van der Waals surface area (Å²) in [4.78, 5) is 30.5. The summed E-state index contributed by atoms with van der Waals surface area (Å²) in [5.74, 6) is -1.05. The van der Waals surface area contributed by atoms with Gasteiger partial charge in [0.25, 0.3) is 0 Å². The lowest BCUT2D eigenvalue weighted by Gasteiger charge is -2.11. The van der Waals surface area contributed by atoms with Crippen LogP contribution in [0.3, 0.4) is 0 Å². The van der Waals surface area contributed by atoms with Gasteiger partial charge in [-0.25, -0.2) is 4.79 Å². The molecule has 2 unspecified atom stereocenters. The summed E-state index contributed by atoms with van der Waals surface area (Å²) in [7, 11) is -0.399. The third kappa shape index (κ3) is 7.11. The smallest absolute Gasteiger partial charge is 0.410 e. The molecule has 15 heavy (non-hydrogen) atoms. The zero-order valence-electron chi connectivity index (χ0n) is 8.94. The van der Waals surface area contributed by atoms with Crippen molar-refractivity contribution in [2.24, 2.45) is 5.92 Å². The molecule has 0 radical (unpaired) electrons. The van der Waals surface area contributed by atoms with Gasteiger partial charge in [-0.1, -0.05) is 13.8 Å². The molecule has 7 heteroatoms. The van der Waals surface area contributed by atoms with Crippen molar-refractivity contribution in [3.63, 3.8) is 0 Å². The fourth-order valence-corrected chi connectivity index (χ4v) is 0.741. The summed E-state index contributed by atoms with van der Waals surface area (Å²) in [6.45, 7) is 4.57. The average Bonchev–Trinajstić information content (AvgIpc) is 2.17. The number of carbonyl (C=O) groups excluding carboxylic acids is 2. The van der Waals surface area contributed by atoms with Crippen molar-refractivity contribution in [1.29, 1.82) is 0 Å². The lowest BCUT2D eigenvalue weighted by Crippen LogP contribution is -2.31. The molecule has 0 aromatic rings. The molecule has 0 saturated carbocycles. The number of ether oxygens (including phenoxy) is 2. The molecule has 0 spiro atoms. The molecule has 0 aliphatic rings. The van der Waals surface area contributed by atoms with Gasteiger partial charge in [-0.05, 0) is 6.92 Å². The van der Waals surface area contributed by atoms with Gasteiger partial charge >= 0.3 is 12.1 Å². The molecule has 2 N–H and O–H groups in total. The van der Waals surface area contributed by atoms with Crippen LogP contribution in [0, 0.1) is 5.92 Å². The Morgan fingerprint density at radius 3 is 2.40 bits per heavy atom. The van der Waals surface area contributed by atoms with E-state index in [-0.39, 0.29) is 11.7 Å². The van der Waals surface area contributed by atoms with Crippen LogP contribution in [0.2, 0.25) is 0 Å². The average molecular weight is 237 g/mol. The van der Waals surface area contributed by atoms with Crippen molar-refractivity contribution in [2.75, 3.05) is 6.79 Å². The molecule has 0 aromatic carbocycles. The third-order valence-electron chi connectivity index (χ3n) is 1.39. The first-order valence-electron chi connectivity index (χ1n) is 4.47. The highest BCUT2D eigenvalue weighted by atomic mass is 31.1. The van der Waals surface area contributed by atoms with Gasteiger partial charge in [0.15, 0.2) is 0 Å². The number of esters is 1. The Bertz CT molecular complexity index is 221. The number of amides is 1. The van der Waals surface area contributed by atoms with Gasteiger partial charge in [-0.3, -0.25) is 4.79 Å². The highest BCUT2D eigenvalue weighted by molar-refractivity contribution is 7.31. The van der Waals surface area contributed by atoms with Crippen LogP contribution in [0.5, 0.6) is 0 Å². The first-order valence-corrected chi connectivity index (χ1v) is 5.49. The summed E-state index contributed by atoms with van der Waals surface area (Å²) in [5.41, 5.74) is 0. The van der Waals surface area contributed by atoms with E-state index in [2.05, 4.69) is 14.8 Å². The SMILES string of the molecule is CC(NC(=O)OCOC(=O)C(C)C)PO. The van der Waals surface area contributed by atoms with E-state index in [9.17, 15) is 9.59 Å². The van der Waals surface area contributed by atoms with Crippen LogP contribution in [-0.4, -0.2) is 29.5 Å². The summed E-state index contributed by atoms with van der Waals surface area (Å²) < 4.78 is 9.14. The Morgan fingerprint density at radius 1 is 1.33 bits per heavy atom. The van der Waals surface area contributed by atoms with E-state index in [0.717, 1.165) is 0 Å². The van der Waals surface area contributed by atoms with Crippen molar-refractivity contribution in [2.45, 2.75) is 26.6 Å². The molecular formula is C8H16NO5P. The maximum absolute atomic E-state index is 10.9. The predicted molar refractivity (Wildman–Crippen MR) is 55.4 cm³/mol. The van der Waals surface area contributed by atoms with Gasteiger partial charge < -0.3 is 19.7 Å². The zero-order valence-corrected chi connectivity index (χ0v) is 9.94. The Hall–Kier alpha value is -0.870. The maximum atomic E-state index is 10.9. The molecule has 0 fully saturated rings. The second kappa shape index (κ2) is 7.43. The lowest BCUT2D eigenvalue weighted by atomic mass is 10.2. The minimum Gasteiger partial charge on any atom is -0.428 e. The highest BCUT2D eigenvalue weighted by Gasteiger charge is 2.10. The van der Waals surface area contributed by atoms with Crippen molar-refractivity contribution in [1.82, 2.24) is 5.32 Å². The van der Waals surface area contributed by atoms with Crippen LogP contribution in [0.4, 0.5) is 4.79 Å².